The molecule has 0 spiro atoms. The number of aromatic amines is 2. The first kappa shape index (κ1) is 19.2. The van der Waals surface area contributed by atoms with E-state index in [4.69, 9.17) is 0 Å². The molecule has 0 radical (unpaired) electrons. The Morgan fingerprint density at radius 3 is 2.59 bits per heavy atom. The van der Waals surface area contributed by atoms with Crippen LogP contribution in [0.1, 0.15) is 5.56 Å². The molecule has 5 nitrogen and oxygen atoms in total. The van der Waals surface area contributed by atoms with Crippen molar-refractivity contribution in [3.63, 3.8) is 0 Å². The highest BCUT2D eigenvalue weighted by atomic mass is 19.1. The predicted octanol–water partition coefficient (Wildman–Crippen LogP) is 4.92. The number of pyridine rings is 1. The minimum atomic E-state index is -0.249. The van der Waals surface area contributed by atoms with Gasteiger partial charge in [-0.3, -0.25) is 4.90 Å². The number of hydrogen-bond acceptors (Lipinski definition) is 3. The zero-order valence-electron chi connectivity index (χ0n) is 17.7. The molecule has 1 aliphatic heterocycles. The van der Waals surface area contributed by atoms with Crippen molar-refractivity contribution in [2.75, 3.05) is 26.2 Å². The van der Waals surface area contributed by atoms with E-state index in [1.807, 2.05) is 24.5 Å². The Hall–Kier alpha value is -3.48. The van der Waals surface area contributed by atoms with Gasteiger partial charge in [-0.25, -0.2) is 9.37 Å². The van der Waals surface area contributed by atoms with E-state index in [-0.39, 0.29) is 5.82 Å². The number of nitrogens with one attached hydrogen (secondary N) is 3. The Balaban J connectivity index is 1.33. The van der Waals surface area contributed by atoms with Crippen LogP contribution in [0.4, 0.5) is 4.39 Å². The van der Waals surface area contributed by atoms with E-state index >= 15 is 0 Å². The fourth-order valence-electron chi connectivity index (χ4n) is 4.61. The summed E-state index contributed by atoms with van der Waals surface area (Å²) in [6.45, 7) is 5.28. The standard InChI is InChI=1S/C26H24FN5/c27-24-13-20(11-19-5-6-29-25(19)24)23-15-31-26-22(23)12-21(14-30-26)18-3-1-17(2-4-18)16-32-9-7-28-8-10-32/h1-6,11-15,28-29H,7-10,16H2,(H,30,31). The van der Waals surface area contributed by atoms with E-state index in [0.29, 0.717) is 5.52 Å². The number of nitrogens with zero attached hydrogens (tertiary/aromatic N) is 2. The molecule has 32 heavy (non-hydrogen) atoms. The predicted molar refractivity (Wildman–Crippen MR) is 127 cm³/mol. The highest BCUT2D eigenvalue weighted by molar-refractivity contribution is 5.98. The van der Waals surface area contributed by atoms with E-state index < -0.39 is 0 Å². The molecule has 2 aromatic carbocycles. The fourth-order valence-corrected chi connectivity index (χ4v) is 4.61. The summed E-state index contributed by atoms with van der Waals surface area (Å²) in [5.41, 5.74) is 6.63. The summed E-state index contributed by atoms with van der Waals surface area (Å²) in [6, 6.07) is 16.4. The van der Waals surface area contributed by atoms with Crippen LogP contribution in [0.5, 0.6) is 0 Å². The van der Waals surface area contributed by atoms with Crippen LogP contribution in [0, 0.1) is 5.82 Å². The zero-order chi connectivity index (χ0) is 21.5. The lowest BCUT2D eigenvalue weighted by Crippen LogP contribution is -2.42. The first-order valence-corrected chi connectivity index (χ1v) is 11.0. The molecule has 0 aliphatic carbocycles. The smallest absolute Gasteiger partial charge is 0.147 e. The van der Waals surface area contributed by atoms with E-state index in [1.165, 1.54) is 5.56 Å². The maximum absolute atomic E-state index is 14.6. The van der Waals surface area contributed by atoms with Crippen LogP contribution in [-0.4, -0.2) is 46.0 Å². The van der Waals surface area contributed by atoms with Crippen LogP contribution >= 0.6 is 0 Å². The Morgan fingerprint density at radius 1 is 0.906 bits per heavy atom. The number of H-pyrrole nitrogens is 2. The second-order valence-electron chi connectivity index (χ2n) is 8.45. The largest absolute Gasteiger partial charge is 0.359 e. The van der Waals surface area contributed by atoms with Gasteiger partial charge in [0.15, 0.2) is 0 Å². The Bertz CT molecular complexity index is 1390. The third-order valence-corrected chi connectivity index (χ3v) is 6.36. The van der Waals surface area contributed by atoms with Crippen LogP contribution in [0.2, 0.25) is 0 Å². The third kappa shape index (κ3) is 3.47. The number of fused-ring (bicyclic) bond motifs is 2. The SMILES string of the molecule is Fc1cc(-c2c[nH]c3ncc(-c4ccc(CN5CCNCC5)cc4)cc23)cc2cc[nH]c12. The van der Waals surface area contributed by atoms with Gasteiger partial charge in [0.2, 0.25) is 0 Å². The van der Waals surface area contributed by atoms with Gasteiger partial charge in [-0.15, -0.1) is 0 Å². The molecule has 0 atom stereocenters. The molecule has 3 N–H and O–H groups in total. The lowest BCUT2D eigenvalue weighted by Gasteiger charge is -2.27. The van der Waals surface area contributed by atoms with E-state index in [2.05, 4.69) is 55.5 Å². The molecular formula is C26H24FN5. The second-order valence-corrected chi connectivity index (χ2v) is 8.45. The lowest BCUT2D eigenvalue weighted by molar-refractivity contribution is 0.233. The molecule has 5 aromatic rings. The van der Waals surface area contributed by atoms with E-state index in [9.17, 15) is 4.39 Å². The summed E-state index contributed by atoms with van der Waals surface area (Å²) < 4.78 is 14.6. The van der Waals surface area contributed by atoms with Crippen molar-refractivity contribution in [1.29, 1.82) is 0 Å². The molecule has 160 valence electrons. The molecule has 1 saturated heterocycles. The topological polar surface area (TPSA) is 59.7 Å². The van der Waals surface area contributed by atoms with Gasteiger partial charge in [0, 0.05) is 73.2 Å². The van der Waals surface area contributed by atoms with Crippen molar-refractivity contribution in [3.05, 3.63) is 78.5 Å². The second kappa shape index (κ2) is 7.89. The molecule has 1 fully saturated rings. The summed E-state index contributed by atoms with van der Waals surface area (Å²) in [7, 11) is 0. The number of aromatic nitrogens is 3. The van der Waals surface area contributed by atoms with Crippen molar-refractivity contribution in [2.24, 2.45) is 0 Å². The number of rotatable bonds is 4. The van der Waals surface area contributed by atoms with Gasteiger partial charge in [-0.05, 0) is 41.0 Å². The summed E-state index contributed by atoms with van der Waals surface area (Å²) in [4.78, 5) is 13.3. The van der Waals surface area contributed by atoms with Crippen molar-refractivity contribution in [3.8, 4) is 22.3 Å². The molecule has 0 amide bonds. The van der Waals surface area contributed by atoms with Crippen LogP contribution in [0.15, 0.2) is 67.1 Å². The molecule has 4 heterocycles. The number of benzene rings is 2. The minimum Gasteiger partial charge on any atom is -0.359 e. The third-order valence-electron chi connectivity index (χ3n) is 6.36. The van der Waals surface area contributed by atoms with Gasteiger partial charge < -0.3 is 15.3 Å². The molecule has 0 saturated carbocycles. The summed E-state index contributed by atoms with van der Waals surface area (Å²) in [5, 5.41) is 5.24. The Morgan fingerprint density at radius 2 is 1.75 bits per heavy atom. The van der Waals surface area contributed by atoms with Crippen LogP contribution in [0.3, 0.4) is 0 Å². The van der Waals surface area contributed by atoms with Crippen molar-refractivity contribution in [1.82, 2.24) is 25.2 Å². The monoisotopic (exact) mass is 425 g/mol. The van der Waals surface area contributed by atoms with E-state index in [1.54, 1.807) is 12.3 Å². The van der Waals surface area contributed by atoms with Crippen molar-refractivity contribution < 1.29 is 4.39 Å². The van der Waals surface area contributed by atoms with Gasteiger partial charge >= 0.3 is 0 Å². The highest BCUT2D eigenvalue weighted by Crippen LogP contribution is 2.33. The maximum Gasteiger partial charge on any atom is 0.147 e. The van der Waals surface area contributed by atoms with Crippen LogP contribution in [-0.2, 0) is 6.54 Å². The number of hydrogen-bond donors (Lipinski definition) is 3. The average molecular weight is 426 g/mol. The van der Waals surface area contributed by atoms with Gasteiger partial charge in [-0.2, -0.15) is 0 Å². The lowest BCUT2D eigenvalue weighted by atomic mass is 10.0. The molecular weight excluding hydrogens is 401 g/mol. The van der Waals surface area contributed by atoms with Gasteiger partial charge in [0.1, 0.15) is 11.5 Å². The van der Waals surface area contributed by atoms with Gasteiger partial charge in [0.05, 0.1) is 5.52 Å². The molecule has 0 unspecified atom stereocenters. The van der Waals surface area contributed by atoms with Crippen molar-refractivity contribution >= 4 is 21.9 Å². The fraction of sp³-hybridized carbons (Fsp3) is 0.192. The Labute approximate surface area is 185 Å². The quantitative estimate of drug-likeness (QED) is 0.383. The zero-order valence-corrected chi connectivity index (χ0v) is 17.7. The van der Waals surface area contributed by atoms with Crippen LogP contribution < -0.4 is 5.32 Å². The molecule has 0 bridgehead atoms. The maximum atomic E-state index is 14.6. The number of halogens is 1. The van der Waals surface area contributed by atoms with Crippen molar-refractivity contribution in [2.45, 2.75) is 6.54 Å². The van der Waals surface area contributed by atoms with Gasteiger partial charge in [-0.1, -0.05) is 24.3 Å². The molecule has 6 heteroatoms. The summed E-state index contributed by atoms with van der Waals surface area (Å²) >= 11 is 0. The summed E-state index contributed by atoms with van der Waals surface area (Å²) in [5.74, 6) is -0.249. The van der Waals surface area contributed by atoms with Crippen LogP contribution in [0.25, 0.3) is 44.2 Å². The number of piperazine rings is 1. The molecule has 1 aliphatic rings. The Kier molecular flexibility index (Phi) is 4.74. The average Bonchev–Trinajstić information content (AvgIpc) is 3.47. The highest BCUT2D eigenvalue weighted by Gasteiger charge is 2.13. The molecule has 3 aromatic heterocycles. The van der Waals surface area contributed by atoms with E-state index in [0.717, 1.165) is 71.4 Å². The van der Waals surface area contributed by atoms with Gasteiger partial charge in [0.25, 0.3) is 0 Å². The first-order chi connectivity index (χ1) is 15.7. The summed E-state index contributed by atoms with van der Waals surface area (Å²) in [6.07, 6.45) is 5.56. The normalized spacial score (nSPS) is 15.0. The minimum absolute atomic E-state index is 0.249. The molecule has 6 rings (SSSR count). The first-order valence-electron chi connectivity index (χ1n) is 11.0.